The van der Waals surface area contributed by atoms with Gasteiger partial charge in [-0.2, -0.15) is 18.3 Å². The zero-order valence-electron chi connectivity index (χ0n) is 22.6. The Kier molecular flexibility index (Phi) is 8.67. The van der Waals surface area contributed by atoms with Gasteiger partial charge in [0.2, 0.25) is 5.91 Å². The zero-order valence-corrected chi connectivity index (χ0v) is 24.8. The van der Waals surface area contributed by atoms with E-state index >= 15 is 0 Å². The number of Topliss-reactive ketones (excluding diaryl/α,β-unsaturated/α-hetero) is 1. The predicted octanol–water partition coefficient (Wildman–Crippen LogP) is 6.52. The second-order valence-corrected chi connectivity index (χ2v) is 12.4. The van der Waals surface area contributed by atoms with E-state index in [2.05, 4.69) is 16.3 Å². The summed E-state index contributed by atoms with van der Waals surface area (Å²) < 4.78 is 43.7. The number of piperidine rings is 1. The number of halogens is 4. The number of rotatable bonds is 8. The Bertz CT molecular complexity index is 1620. The molecule has 0 spiro atoms. The van der Waals surface area contributed by atoms with Crippen molar-refractivity contribution in [3.8, 4) is 11.3 Å². The van der Waals surface area contributed by atoms with Crippen LogP contribution in [0.4, 0.5) is 13.2 Å². The molecule has 0 N–H and O–H groups in total. The van der Waals surface area contributed by atoms with E-state index in [1.54, 1.807) is 0 Å². The van der Waals surface area contributed by atoms with E-state index in [0.717, 1.165) is 59.3 Å². The lowest BCUT2D eigenvalue weighted by atomic mass is 10.0. The molecule has 0 radical (unpaired) electrons. The van der Waals surface area contributed by atoms with Crippen molar-refractivity contribution < 1.29 is 22.8 Å². The molecule has 1 saturated heterocycles. The molecule has 1 atom stereocenters. The number of nitrogens with zero attached hydrogens (tertiary/aromatic N) is 4. The van der Waals surface area contributed by atoms with Crippen molar-refractivity contribution in [1.29, 1.82) is 0 Å². The zero-order chi connectivity index (χ0) is 29.1. The average Bonchev–Trinajstić information content (AvgIpc) is 3.38. The minimum absolute atomic E-state index is 0.0494. The molecule has 3 heterocycles. The number of aliphatic imine (C=N–C) groups is 1. The first-order valence-electron chi connectivity index (χ1n) is 13.5. The second-order valence-electron chi connectivity index (χ2n) is 10.2. The fraction of sp³-hybridized carbons (Fsp3) is 0.323. The standard InChI is InChI=1S/C31H30F3IN4O2/c1-3-27(41)38-17-5-7-25(18-38)39-30-28(20(2)36-19-35-30)29(37-39)23-11-9-21(10-12-23)6-4-8-26(40)22-13-15-24(16-14-22)31(32,33)34/h3,9-16,19,25H,1,4-8,17-18H2,2H3. The number of amides is 1. The van der Waals surface area contributed by atoms with Gasteiger partial charge < -0.3 is 4.90 Å². The van der Waals surface area contributed by atoms with Gasteiger partial charge in [-0.25, -0.2) is 0 Å². The number of alkyl halides is 3. The van der Waals surface area contributed by atoms with Crippen molar-refractivity contribution in [2.45, 2.75) is 51.2 Å². The number of hydrogen-bond donors (Lipinski definition) is 0. The lowest BCUT2D eigenvalue weighted by molar-refractivity contribution is -0.137. The first kappa shape index (κ1) is 29.1. The Balaban J connectivity index is 1.29. The SMILES string of the molecule is C=CC(=O)N1CCCC(n2nc(-c3ccc(CCCC(=O)c4ccc(C(F)(F)F)cc4)cc3)c3c2=IC=NC=3C)C1. The molecule has 2 aromatic carbocycles. The molecule has 10 heteroatoms. The third-order valence-corrected chi connectivity index (χ3v) is 9.65. The summed E-state index contributed by atoms with van der Waals surface area (Å²) in [5.41, 5.74) is 3.42. The van der Waals surface area contributed by atoms with E-state index < -0.39 is 32.5 Å². The van der Waals surface area contributed by atoms with Crippen molar-refractivity contribution in [1.82, 2.24) is 14.7 Å². The van der Waals surface area contributed by atoms with Crippen molar-refractivity contribution in [3.05, 3.63) is 86.4 Å². The molecule has 214 valence electrons. The third-order valence-electron chi connectivity index (χ3n) is 7.47. The Hall–Kier alpha value is -3.41. The Morgan fingerprint density at radius 2 is 1.85 bits per heavy atom. The normalized spacial score (nSPS) is 16.9. The number of aromatic nitrogens is 2. The fourth-order valence-electron chi connectivity index (χ4n) is 5.25. The van der Waals surface area contributed by atoms with Crippen molar-refractivity contribution in [2.75, 3.05) is 13.1 Å². The van der Waals surface area contributed by atoms with Gasteiger partial charge in [-0.15, -0.1) is 0 Å². The van der Waals surface area contributed by atoms with Gasteiger partial charge in [0.15, 0.2) is 5.78 Å². The number of aryl methyl sites for hydroxylation is 1. The third kappa shape index (κ3) is 6.42. The van der Waals surface area contributed by atoms with Crippen LogP contribution in [0, 0.1) is 3.28 Å². The van der Waals surface area contributed by atoms with Crippen molar-refractivity contribution >= 4 is 42.3 Å². The smallest absolute Gasteiger partial charge is 0.337 e. The summed E-state index contributed by atoms with van der Waals surface area (Å²) in [6.45, 7) is 6.99. The topological polar surface area (TPSA) is 67.6 Å². The van der Waals surface area contributed by atoms with Gasteiger partial charge in [0.25, 0.3) is 0 Å². The molecular formula is C31H30F3IN4O2. The summed E-state index contributed by atoms with van der Waals surface area (Å²) in [6, 6.07) is 12.6. The number of hydrogen-bond acceptors (Lipinski definition) is 4. The maximum Gasteiger partial charge on any atom is 0.416 e. The van der Waals surface area contributed by atoms with Crippen LogP contribution in [-0.4, -0.2) is 43.7 Å². The minimum atomic E-state index is -4.42. The van der Waals surface area contributed by atoms with Gasteiger partial charge in [-0.3, -0.25) is 19.3 Å². The van der Waals surface area contributed by atoms with Crippen LogP contribution < -0.4 is 5.22 Å². The van der Waals surface area contributed by atoms with E-state index in [4.69, 9.17) is 5.10 Å². The van der Waals surface area contributed by atoms with E-state index in [-0.39, 0.29) is 24.2 Å². The highest BCUT2D eigenvalue weighted by Gasteiger charge is 2.30. The lowest BCUT2D eigenvalue weighted by Crippen LogP contribution is -2.40. The molecule has 1 fully saturated rings. The predicted molar refractivity (Wildman–Crippen MR) is 161 cm³/mol. The van der Waals surface area contributed by atoms with E-state index in [9.17, 15) is 22.8 Å². The summed E-state index contributed by atoms with van der Waals surface area (Å²) >= 11 is -0.458. The van der Waals surface area contributed by atoms with Crippen LogP contribution >= 0.6 is 20.7 Å². The first-order chi connectivity index (χ1) is 19.7. The maximum atomic E-state index is 12.8. The van der Waals surface area contributed by atoms with Gasteiger partial charge >= 0.3 is 6.18 Å². The minimum Gasteiger partial charge on any atom is -0.337 e. The lowest BCUT2D eigenvalue weighted by Gasteiger charge is -2.32. The average molecular weight is 675 g/mol. The molecule has 41 heavy (non-hydrogen) atoms. The monoisotopic (exact) mass is 674 g/mol. The van der Waals surface area contributed by atoms with E-state index in [1.165, 1.54) is 21.5 Å². The van der Waals surface area contributed by atoms with Gasteiger partial charge in [0, 0.05) is 36.3 Å². The van der Waals surface area contributed by atoms with Gasteiger partial charge in [-0.05, 0) is 77.1 Å². The Morgan fingerprint density at radius 3 is 2.54 bits per heavy atom. The largest absolute Gasteiger partial charge is 0.416 e. The summed E-state index contributed by atoms with van der Waals surface area (Å²) in [6.07, 6.45) is 0.355. The molecule has 2 aliphatic heterocycles. The van der Waals surface area contributed by atoms with Crippen molar-refractivity contribution in [3.63, 3.8) is 0 Å². The fourth-order valence-corrected chi connectivity index (χ4v) is 7.81. The number of fused-ring (bicyclic) bond motifs is 1. The van der Waals surface area contributed by atoms with Crippen LogP contribution in [-0.2, 0) is 17.4 Å². The van der Waals surface area contributed by atoms with Gasteiger partial charge in [0.05, 0.1) is 21.0 Å². The molecule has 0 aliphatic carbocycles. The molecule has 1 amide bonds. The number of benzene rings is 2. The summed E-state index contributed by atoms with van der Waals surface area (Å²) in [7, 11) is 0. The first-order valence-corrected chi connectivity index (χ1v) is 15.8. The molecule has 6 nitrogen and oxygen atoms in total. The number of likely N-dealkylation sites (tertiary alicyclic amines) is 1. The summed E-state index contributed by atoms with van der Waals surface area (Å²) in [5.74, 6) is -0.218. The number of carbonyl (C=O) groups is 2. The van der Waals surface area contributed by atoms with Crippen molar-refractivity contribution in [2.24, 2.45) is 4.99 Å². The van der Waals surface area contributed by atoms with Crippen LogP contribution in [0.5, 0.6) is 0 Å². The molecule has 0 saturated carbocycles. The molecule has 2 aliphatic rings. The number of carbonyl (C=O) groups excluding carboxylic acids is 2. The van der Waals surface area contributed by atoms with Crippen LogP contribution in [0.2, 0.25) is 0 Å². The molecule has 1 aromatic heterocycles. The highest BCUT2D eigenvalue weighted by Crippen LogP contribution is 2.30. The molecule has 5 rings (SSSR count). The van der Waals surface area contributed by atoms with Crippen LogP contribution in [0.1, 0.15) is 60.1 Å². The van der Waals surface area contributed by atoms with Crippen LogP contribution in [0.3, 0.4) is 0 Å². The maximum absolute atomic E-state index is 12.8. The highest BCUT2D eigenvalue weighted by molar-refractivity contribution is 14.2. The highest BCUT2D eigenvalue weighted by atomic mass is 127. The Morgan fingerprint density at radius 1 is 1.12 bits per heavy atom. The molecular weight excluding hydrogens is 644 g/mol. The number of ketones is 1. The van der Waals surface area contributed by atoms with Gasteiger partial charge in [-0.1, -0.05) is 43.0 Å². The van der Waals surface area contributed by atoms with Crippen LogP contribution in [0.15, 0.2) is 66.2 Å². The van der Waals surface area contributed by atoms with Crippen LogP contribution in [0.25, 0.3) is 17.0 Å². The molecule has 0 bridgehead atoms. The quantitative estimate of drug-likeness (QED) is 0.155. The van der Waals surface area contributed by atoms with E-state index in [1.807, 2.05) is 40.3 Å². The molecule has 1 unspecified atom stereocenters. The second kappa shape index (κ2) is 12.2. The Labute approximate surface area is 246 Å². The molecule has 3 aromatic rings. The summed E-state index contributed by atoms with van der Waals surface area (Å²) in [4.78, 5) is 31.2. The van der Waals surface area contributed by atoms with Gasteiger partial charge in [0.1, 0.15) is 8.98 Å². The summed E-state index contributed by atoms with van der Waals surface area (Å²) in [5, 5.41) is 6.18. The van der Waals surface area contributed by atoms with E-state index in [0.29, 0.717) is 24.9 Å².